The van der Waals surface area contributed by atoms with Crippen LogP contribution in [0, 0.1) is 11.8 Å². The topological polar surface area (TPSA) is 182 Å². The second-order valence-corrected chi connectivity index (χ2v) is 17.9. The number of fused-ring (bicyclic) bond motifs is 1. The second kappa shape index (κ2) is 15.8. The standard InChI is InChI=1S/C41H51N5O9S/c1-8-24(3)35(43-39(50)55-40(4,5)6)37(48)46-23-28(20-33(46)36(47)44-41(22-26(41)9-2)38(49)45-56(51,52)29-16-17-29)54-34-21-31(25-13-11-10-12-14-25)42-32-19-27(53-7)15-18-30(32)34/h9-15,18-19,21,24,26,28-29,33,35H,2,8,16-17,20,22-23H2,1,3-7H3,(H,43,50)(H,44,47)(H,45,49)/t24-,26+,28+,33-,35-,41+/m0/s1. The summed E-state index contributed by atoms with van der Waals surface area (Å²) in [4.78, 5) is 61.9. The zero-order valence-electron chi connectivity index (χ0n) is 32.7. The molecule has 2 aliphatic carbocycles. The molecule has 4 amide bonds. The first-order valence-electron chi connectivity index (χ1n) is 19.0. The molecular weight excluding hydrogens is 739 g/mol. The largest absolute Gasteiger partial charge is 0.497 e. The van der Waals surface area contributed by atoms with Crippen LogP contribution >= 0.6 is 0 Å². The lowest BCUT2D eigenvalue weighted by Crippen LogP contribution is -2.59. The van der Waals surface area contributed by atoms with E-state index in [1.165, 1.54) is 11.0 Å². The number of amides is 4. The van der Waals surface area contributed by atoms with Gasteiger partial charge in [-0.15, -0.1) is 6.58 Å². The van der Waals surface area contributed by atoms with E-state index >= 15 is 0 Å². The Morgan fingerprint density at radius 2 is 1.80 bits per heavy atom. The molecule has 15 heteroatoms. The Labute approximate surface area is 327 Å². The predicted molar refractivity (Wildman–Crippen MR) is 210 cm³/mol. The number of carbonyl (C=O) groups excluding carboxylic acids is 4. The fraction of sp³-hybridized carbons (Fsp3) is 0.488. The molecule has 14 nitrogen and oxygen atoms in total. The lowest BCUT2D eigenvalue weighted by molar-refractivity contribution is -0.142. The van der Waals surface area contributed by atoms with Crippen molar-refractivity contribution in [1.82, 2.24) is 25.2 Å². The van der Waals surface area contributed by atoms with E-state index in [4.69, 9.17) is 19.2 Å². The molecule has 56 heavy (non-hydrogen) atoms. The maximum absolute atomic E-state index is 14.6. The molecule has 3 N–H and O–H groups in total. The van der Waals surface area contributed by atoms with Gasteiger partial charge in [0.2, 0.25) is 21.8 Å². The van der Waals surface area contributed by atoms with Crippen molar-refractivity contribution in [2.24, 2.45) is 11.8 Å². The number of methoxy groups -OCH3 is 1. The molecule has 300 valence electrons. The summed E-state index contributed by atoms with van der Waals surface area (Å²) < 4.78 is 45.4. The normalized spacial score (nSPS) is 23.0. The summed E-state index contributed by atoms with van der Waals surface area (Å²) in [6.45, 7) is 12.6. The number of aromatic nitrogens is 1. The number of hydrogen-bond donors (Lipinski definition) is 3. The molecule has 0 unspecified atom stereocenters. The maximum Gasteiger partial charge on any atom is 0.408 e. The molecule has 1 aliphatic heterocycles. The van der Waals surface area contributed by atoms with E-state index in [0.29, 0.717) is 47.4 Å². The van der Waals surface area contributed by atoms with Crippen molar-refractivity contribution in [3.05, 3.63) is 67.3 Å². The average Bonchev–Trinajstić information content (AvgIpc) is 4.09. The highest BCUT2D eigenvalue weighted by Gasteiger charge is 2.62. The molecule has 2 aromatic carbocycles. The molecule has 3 aliphatic rings. The Balaban J connectivity index is 1.34. The van der Waals surface area contributed by atoms with Gasteiger partial charge in [-0.05, 0) is 58.1 Å². The number of pyridine rings is 1. The molecule has 3 aromatic rings. The van der Waals surface area contributed by atoms with Crippen LogP contribution in [0.4, 0.5) is 4.79 Å². The summed E-state index contributed by atoms with van der Waals surface area (Å²) in [5.41, 5.74) is -0.299. The van der Waals surface area contributed by atoms with Crippen molar-refractivity contribution in [2.45, 2.75) is 101 Å². The summed E-state index contributed by atoms with van der Waals surface area (Å²) in [6.07, 6.45) is 1.59. The summed E-state index contributed by atoms with van der Waals surface area (Å²) in [5, 5.41) is 5.58. The maximum atomic E-state index is 14.6. The number of nitrogens with one attached hydrogen (secondary N) is 3. The van der Waals surface area contributed by atoms with Gasteiger partial charge < -0.3 is 29.7 Å². The highest BCUT2D eigenvalue weighted by molar-refractivity contribution is 7.91. The fourth-order valence-electron chi connectivity index (χ4n) is 7.03. The van der Waals surface area contributed by atoms with Crippen LogP contribution in [0.25, 0.3) is 22.2 Å². The zero-order chi connectivity index (χ0) is 40.6. The number of rotatable bonds is 14. The summed E-state index contributed by atoms with van der Waals surface area (Å²) in [7, 11) is -2.35. The Hall–Kier alpha value is -5.18. The Kier molecular flexibility index (Phi) is 11.4. The van der Waals surface area contributed by atoms with Crippen LogP contribution in [0.2, 0.25) is 0 Å². The third-order valence-corrected chi connectivity index (χ3v) is 12.4. The average molecular weight is 790 g/mol. The van der Waals surface area contributed by atoms with Gasteiger partial charge in [-0.2, -0.15) is 0 Å². The van der Waals surface area contributed by atoms with Gasteiger partial charge in [-0.1, -0.05) is 56.7 Å². The van der Waals surface area contributed by atoms with Gasteiger partial charge >= 0.3 is 6.09 Å². The first-order valence-corrected chi connectivity index (χ1v) is 20.5. The van der Waals surface area contributed by atoms with Crippen molar-refractivity contribution in [2.75, 3.05) is 13.7 Å². The summed E-state index contributed by atoms with van der Waals surface area (Å²) in [6, 6.07) is 14.6. The van der Waals surface area contributed by atoms with Crippen LogP contribution < -0.4 is 24.8 Å². The second-order valence-electron chi connectivity index (χ2n) is 15.9. The zero-order valence-corrected chi connectivity index (χ0v) is 33.5. The van der Waals surface area contributed by atoms with E-state index < -0.39 is 74.3 Å². The number of nitrogens with zero attached hydrogens (tertiary/aromatic N) is 2. The molecule has 0 bridgehead atoms. The molecule has 0 spiro atoms. The van der Waals surface area contributed by atoms with Crippen LogP contribution in [0.1, 0.15) is 66.7 Å². The van der Waals surface area contributed by atoms with Crippen molar-refractivity contribution in [3.63, 3.8) is 0 Å². The van der Waals surface area contributed by atoms with Gasteiger partial charge in [-0.25, -0.2) is 18.2 Å². The van der Waals surface area contributed by atoms with Gasteiger partial charge in [0.05, 0.1) is 30.1 Å². The molecule has 2 heterocycles. The predicted octanol–water partition coefficient (Wildman–Crippen LogP) is 4.87. The highest BCUT2D eigenvalue weighted by Crippen LogP contribution is 2.45. The number of ether oxygens (including phenoxy) is 3. The minimum atomic E-state index is -3.91. The Morgan fingerprint density at radius 3 is 2.41 bits per heavy atom. The van der Waals surface area contributed by atoms with Crippen LogP contribution in [0.3, 0.4) is 0 Å². The summed E-state index contributed by atoms with van der Waals surface area (Å²) in [5.74, 6) is -1.86. The Bertz CT molecular complexity index is 2120. The van der Waals surface area contributed by atoms with Crippen molar-refractivity contribution >= 4 is 44.7 Å². The van der Waals surface area contributed by atoms with Gasteiger partial charge in [0, 0.05) is 35.4 Å². The number of sulfonamides is 1. The number of benzene rings is 2. The summed E-state index contributed by atoms with van der Waals surface area (Å²) >= 11 is 0. The van der Waals surface area contributed by atoms with E-state index in [1.54, 1.807) is 40.0 Å². The van der Waals surface area contributed by atoms with Crippen molar-refractivity contribution < 1.29 is 41.8 Å². The quantitative estimate of drug-likeness (QED) is 0.191. The molecule has 3 fully saturated rings. The van der Waals surface area contributed by atoms with Crippen LogP contribution in [0.5, 0.6) is 11.5 Å². The molecule has 1 saturated heterocycles. The van der Waals surface area contributed by atoms with Gasteiger partial charge in [0.1, 0.15) is 40.8 Å². The number of hydrogen-bond acceptors (Lipinski definition) is 10. The smallest absolute Gasteiger partial charge is 0.408 e. The molecular formula is C41H51N5O9S. The lowest BCUT2D eigenvalue weighted by Gasteiger charge is -2.32. The monoisotopic (exact) mass is 789 g/mol. The number of alkyl carbamates (subject to hydrolysis) is 1. The fourth-order valence-corrected chi connectivity index (χ4v) is 8.39. The first-order chi connectivity index (χ1) is 26.5. The minimum Gasteiger partial charge on any atom is -0.497 e. The Morgan fingerprint density at radius 1 is 1.09 bits per heavy atom. The van der Waals surface area contributed by atoms with Gasteiger partial charge in [-0.3, -0.25) is 19.1 Å². The van der Waals surface area contributed by atoms with E-state index in [1.807, 2.05) is 56.3 Å². The van der Waals surface area contributed by atoms with Crippen LogP contribution in [-0.4, -0.2) is 90.3 Å². The first kappa shape index (κ1) is 40.5. The van der Waals surface area contributed by atoms with Crippen LogP contribution in [-0.2, 0) is 29.1 Å². The van der Waals surface area contributed by atoms with Crippen molar-refractivity contribution in [1.29, 1.82) is 0 Å². The molecule has 1 aromatic heterocycles. The molecule has 0 radical (unpaired) electrons. The lowest BCUT2D eigenvalue weighted by atomic mass is 9.97. The molecule has 6 atom stereocenters. The number of carbonyl (C=O) groups is 4. The van der Waals surface area contributed by atoms with E-state index in [2.05, 4.69) is 21.9 Å². The van der Waals surface area contributed by atoms with Crippen molar-refractivity contribution in [3.8, 4) is 22.8 Å². The molecule has 6 rings (SSSR count). The van der Waals surface area contributed by atoms with E-state index in [9.17, 15) is 27.6 Å². The van der Waals surface area contributed by atoms with E-state index in [-0.39, 0.29) is 25.3 Å². The molecule has 2 saturated carbocycles. The highest BCUT2D eigenvalue weighted by atomic mass is 32.2. The third kappa shape index (κ3) is 8.77. The minimum absolute atomic E-state index is 0.0225. The van der Waals surface area contributed by atoms with Gasteiger partial charge in [0.15, 0.2) is 0 Å². The van der Waals surface area contributed by atoms with Crippen LogP contribution in [0.15, 0.2) is 67.3 Å². The van der Waals surface area contributed by atoms with Gasteiger partial charge in [0.25, 0.3) is 5.91 Å². The third-order valence-electron chi connectivity index (χ3n) is 10.6. The number of likely N-dealkylation sites (tertiary alicyclic amines) is 1. The van der Waals surface area contributed by atoms with E-state index in [0.717, 1.165) is 5.56 Å². The SMILES string of the molecule is C=C[C@@H]1C[C@]1(NC(=O)[C@@H]1C[C@@H](Oc2cc(-c3ccccc3)nc3cc(OC)ccc23)CN1C(=O)[C@@H](NC(=O)OC(C)(C)C)[C@@H](C)CC)C(=O)NS(=O)(=O)C1CC1.